The van der Waals surface area contributed by atoms with E-state index in [-0.39, 0.29) is 5.63 Å². The van der Waals surface area contributed by atoms with Crippen LogP contribution in [0.4, 0.5) is 0 Å². The maximum Gasteiger partial charge on any atom is 0.336 e. The fourth-order valence-electron chi connectivity index (χ4n) is 1.64. The summed E-state index contributed by atoms with van der Waals surface area (Å²) in [5, 5.41) is 1.74. The molecule has 0 fully saturated rings. The number of hydrogen-bond donors (Lipinski definition) is 0. The number of ether oxygens (including phenoxy) is 1. The monoisotopic (exact) mass is 282 g/mol. The highest BCUT2D eigenvalue weighted by molar-refractivity contribution is 9.09. The van der Waals surface area contributed by atoms with E-state index in [1.165, 1.54) is 6.07 Å². The number of fused-ring (bicyclic) bond motifs is 1. The second kappa shape index (κ2) is 4.70. The molecule has 0 spiro atoms. The van der Waals surface area contributed by atoms with Gasteiger partial charge >= 0.3 is 5.63 Å². The van der Waals surface area contributed by atoms with Gasteiger partial charge in [0.15, 0.2) is 0 Å². The summed E-state index contributed by atoms with van der Waals surface area (Å²) in [4.78, 5) is 11.3. The summed E-state index contributed by atoms with van der Waals surface area (Å²) in [7, 11) is 1.62. The van der Waals surface area contributed by atoms with Gasteiger partial charge in [-0.1, -0.05) is 15.9 Å². The first-order valence-electron chi connectivity index (χ1n) is 4.91. The summed E-state index contributed by atoms with van der Waals surface area (Å²) in [5.74, 6) is 0.761. The van der Waals surface area contributed by atoms with E-state index >= 15 is 0 Å². The van der Waals surface area contributed by atoms with Gasteiger partial charge in [0, 0.05) is 16.8 Å². The minimum atomic E-state index is -0.311. The maximum absolute atomic E-state index is 11.3. The Bertz CT molecular complexity index is 560. The Hall–Kier alpha value is -1.29. The summed E-state index contributed by atoms with van der Waals surface area (Å²) in [6, 6.07) is 6.95. The highest BCUT2D eigenvalue weighted by Crippen LogP contribution is 2.23. The molecular weight excluding hydrogens is 272 g/mol. The molecule has 0 radical (unpaired) electrons. The molecule has 0 N–H and O–H groups in total. The van der Waals surface area contributed by atoms with Crippen LogP contribution in [0.3, 0.4) is 0 Å². The topological polar surface area (TPSA) is 39.4 Å². The van der Waals surface area contributed by atoms with Crippen LogP contribution in [0.2, 0.25) is 0 Å². The minimum absolute atomic E-state index is 0.311. The van der Waals surface area contributed by atoms with Gasteiger partial charge in [-0.25, -0.2) is 4.79 Å². The Morgan fingerprint density at radius 1 is 1.38 bits per heavy atom. The van der Waals surface area contributed by atoms with E-state index in [1.807, 2.05) is 6.07 Å². The van der Waals surface area contributed by atoms with E-state index in [1.54, 1.807) is 19.2 Å². The molecule has 0 aliphatic carbocycles. The average Bonchev–Trinajstić information content (AvgIpc) is 2.29. The molecule has 1 aromatic heterocycles. The molecule has 0 aliphatic rings. The summed E-state index contributed by atoms with van der Waals surface area (Å²) >= 11 is 3.37. The molecular formula is C12H11BrO3. The molecule has 16 heavy (non-hydrogen) atoms. The minimum Gasteiger partial charge on any atom is -0.497 e. The standard InChI is InChI=1S/C12H11BrO3/c1-15-9-2-3-11-10(7-9)8(4-5-13)6-12(14)16-11/h2-3,6-7H,4-5H2,1H3. The zero-order valence-electron chi connectivity index (χ0n) is 8.83. The van der Waals surface area contributed by atoms with Gasteiger partial charge in [-0.15, -0.1) is 0 Å². The number of rotatable bonds is 3. The van der Waals surface area contributed by atoms with E-state index in [9.17, 15) is 4.79 Å². The van der Waals surface area contributed by atoms with Crippen molar-refractivity contribution in [1.82, 2.24) is 0 Å². The van der Waals surface area contributed by atoms with Crippen LogP contribution in [0.25, 0.3) is 11.0 Å². The molecule has 2 rings (SSSR count). The van der Waals surface area contributed by atoms with Crippen molar-refractivity contribution in [2.45, 2.75) is 6.42 Å². The first-order chi connectivity index (χ1) is 7.74. The van der Waals surface area contributed by atoms with Crippen molar-refractivity contribution in [1.29, 1.82) is 0 Å². The highest BCUT2D eigenvalue weighted by atomic mass is 79.9. The third kappa shape index (κ3) is 2.11. The normalized spacial score (nSPS) is 10.6. The Morgan fingerprint density at radius 2 is 2.19 bits per heavy atom. The average molecular weight is 283 g/mol. The van der Waals surface area contributed by atoms with Crippen molar-refractivity contribution in [3.63, 3.8) is 0 Å². The van der Waals surface area contributed by atoms with Gasteiger partial charge in [-0.05, 0) is 30.2 Å². The lowest BCUT2D eigenvalue weighted by Gasteiger charge is -2.05. The van der Waals surface area contributed by atoms with Crippen LogP contribution in [0.1, 0.15) is 5.56 Å². The molecule has 4 heteroatoms. The predicted molar refractivity (Wildman–Crippen MR) is 66.5 cm³/mol. The Balaban J connectivity index is 2.70. The first-order valence-corrected chi connectivity index (χ1v) is 6.03. The van der Waals surface area contributed by atoms with Crippen LogP contribution in [-0.2, 0) is 6.42 Å². The van der Waals surface area contributed by atoms with Crippen molar-refractivity contribution in [3.8, 4) is 5.75 Å². The van der Waals surface area contributed by atoms with E-state index < -0.39 is 0 Å². The lowest BCUT2D eigenvalue weighted by atomic mass is 10.1. The van der Waals surface area contributed by atoms with Crippen LogP contribution in [-0.4, -0.2) is 12.4 Å². The highest BCUT2D eigenvalue weighted by Gasteiger charge is 2.06. The van der Waals surface area contributed by atoms with Crippen LogP contribution in [0, 0.1) is 0 Å². The van der Waals surface area contributed by atoms with Gasteiger partial charge < -0.3 is 9.15 Å². The third-order valence-electron chi connectivity index (χ3n) is 2.40. The van der Waals surface area contributed by atoms with Crippen molar-refractivity contribution < 1.29 is 9.15 Å². The van der Waals surface area contributed by atoms with E-state index in [0.717, 1.165) is 28.5 Å². The van der Waals surface area contributed by atoms with E-state index in [2.05, 4.69) is 15.9 Å². The maximum atomic E-state index is 11.3. The molecule has 3 nitrogen and oxygen atoms in total. The zero-order chi connectivity index (χ0) is 11.5. The first kappa shape index (κ1) is 11.2. The van der Waals surface area contributed by atoms with Gasteiger partial charge in [0.1, 0.15) is 11.3 Å². The van der Waals surface area contributed by atoms with Crippen LogP contribution in [0.5, 0.6) is 5.75 Å². The van der Waals surface area contributed by atoms with Crippen molar-refractivity contribution in [2.75, 3.05) is 12.4 Å². The fourth-order valence-corrected chi connectivity index (χ4v) is 2.07. The second-order valence-corrected chi connectivity index (χ2v) is 4.18. The molecule has 0 bridgehead atoms. The zero-order valence-corrected chi connectivity index (χ0v) is 10.4. The summed E-state index contributed by atoms with van der Waals surface area (Å²) in [6.45, 7) is 0. The van der Waals surface area contributed by atoms with Crippen LogP contribution >= 0.6 is 15.9 Å². The number of alkyl halides is 1. The fraction of sp³-hybridized carbons (Fsp3) is 0.250. The molecule has 0 unspecified atom stereocenters. The van der Waals surface area contributed by atoms with Crippen molar-refractivity contribution in [3.05, 3.63) is 40.2 Å². The molecule has 0 atom stereocenters. The number of aryl methyl sites for hydroxylation is 1. The van der Waals surface area contributed by atoms with Gasteiger partial charge in [0.2, 0.25) is 0 Å². The molecule has 1 aromatic carbocycles. The Labute approximate surface area is 101 Å². The van der Waals surface area contributed by atoms with E-state index in [4.69, 9.17) is 9.15 Å². The second-order valence-electron chi connectivity index (χ2n) is 3.39. The third-order valence-corrected chi connectivity index (χ3v) is 2.80. The van der Waals surface area contributed by atoms with Gasteiger partial charge in [0.25, 0.3) is 0 Å². The number of hydrogen-bond acceptors (Lipinski definition) is 3. The molecule has 0 saturated carbocycles. The van der Waals surface area contributed by atoms with Gasteiger partial charge in [0.05, 0.1) is 7.11 Å². The molecule has 0 aliphatic heterocycles. The summed E-state index contributed by atoms with van der Waals surface area (Å²) < 4.78 is 10.3. The van der Waals surface area contributed by atoms with Crippen LogP contribution < -0.4 is 10.4 Å². The molecule has 1 heterocycles. The summed E-state index contributed by atoms with van der Waals surface area (Å²) in [6.07, 6.45) is 0.787. The van der Waals surface area contributed by atoms with Gasteiger partial charge in [-0.3, -0.25) is 0 Å². The Morgan fingerprint density at radius 3 is 2.88 bits per heavy atom. The van der Waals surface area contributed by atoms with Gasteiger partial charge in [-0.2, -0.15) is 0 Å². The smallest absolute Gasteiger partial charge is 0.336 e. The molecule has 0 saturated heterocycles. The SMILES string of the molecule is COc1ccc2oc(=O)cc(CCBr)c2c1. The molecule has 2 aromatic rings. The predicted octanol–water partition coefficient (Wildman–Crippen LogP) is 2.74. The number of halogens is 1. The molecule has 84 valence electrons. The molecule has 0 amide bonds. The number of methoxy groups -OCH3 is 1. The Kier molecular flexibility index (Phi) is 3.29. The number of benzene rings is 1. The quantitative estimate of drug-likeness (QED) is 0.642. The van der Waals surface area contributed by atoms with E-state index in [0.29, 0.717) is 5.58 Å². The van der Waals surface area contributed by atoms with Crippen LogP contribution in [0.15, 0.2) is 33.5 Å². The van der Waals surface area contributed by atoms with Crippen molar-refractivity contribution >= 4 is 26.9 Å². The lowest BCUT2D eigenvalue weighted by molar-refractivity contribution is 0.415. The lowest BCUT2D eigenvalue weighted by Crippen LogP contribution is -2.01. The summed E-state index contributed by atoms with van der Waals surface area (Å²) in [5.41, 5.74) is 1.26. The largest absolute Gasteiger partial charge is 0.497 e. The van der Waals surface area contributed by atoms with Crippen molar-refractivity contribution in [2.24, 2.45) is 0 Å².